The van der Waals surface area contributed by atoms with Crippen LogP contribution in [0.1, 0.15) is 19.4 Å². The Hall–Kier alpha value is -1.44. The van der Waals surface area contributed by atoms with Gasteiger partial charge in [0.25, 0.3) is 0 Å². The number of nitrogens with one attached hydrogen (secondary N) is 2. The van der Waals surface area contributed by atoms with E-state index in [0.29, 0.717) is 25.3 Å². The largest absolute Gasteiger partial charge is 0.326 e. The number of piperazine rings is 1. The molecule has 1 fully saturated rings. The van der Waals surface area contributed by atoms with Gasteiger partial charge in [0.2, 0.25) is 15.9 Å². The van der Waals surface area contributed by atoms with E-state index in [1.807, 2.05) is 13.8 Å². The highest BCUT2D eigenvalue weighted by atomic mass is 32.2. The molecular weight excluding hydrogens is 290 g/mol. The van der Waals surface area contributed by atoms with Crippen molar-refractivity contribution >= 4 is 21.6 Å². The number of hydrogen-bond donors (Lipinski definition) is 2. The van der Waals surface area contributed by atoms with Crippen LogP contribution in [0.25, 0.3) is 0 Å². The summed E-state index contributed by atoms with van der Waals surface area (Å²) in [5.41, 5.74) is 1.36. The molecule has 0 radical (unpaired) electrons. The molecule has 116 valence electrons. The van der Waals surface area contributed by atoms with E-state index in [1.165, 1.54) is 17.3 Å². The van der Waals surface area contributed by atoms with Crippen molar-refractivity contribution in [2.45, 2.75) is 31.7 Å². The topological polar surface area (TPSA) is 78.5 Å². The summed E-state index contributed by atoms with van der Waals surface area (Å²) in [7, 11) is -3.54. The zero-order valence-electron chi connectivity index (χ0n) is 12.5. The summed E-state index contributed by atoms with van der Waals surface area (Å²) in [6.45, 7) is 6.85. The summed E-state index contributed by atoms with van der Waals surface area (Å²) in [6.07, 6.45) is 0. The number of carbonyl (C=O) groups excluding carboxylic acids is 1. The predicted octanol–water partition coefficient (Wildman–Crippen LogP) is 0.936. The highest BCUT2D eigenvalue weighted by Gasteiger charge is 2.31. The van der Waals surface area contributed by atoms with E-state index in [4.69, 9.17) is 0 Å². The molecule has 0 aromatic heterocycles. The van der Waals surface area contributed by atoms with Crippen molar-refractivity contribution in [2.24, 2.45) is 0 Å². The molecule has 7 heteroatoms. The van der Waals surface area contributed by atoms with Crippen molar-refractivity contribution in [1.29, 1.82) is 0 Å². The van der Waals surface area contributed by atoms with Gasteiger partial charge in [0.1, 0.15) is 0 Å². The van der Waals surface area contributed by atoms with Crippen molar-refractivity contribution in [2.75, 3.05) is 25.0 Å². The fourth-order valence-electron chi connectivity index (χ4n) is 2.40. The molecule has 1 heterocycles. The molecule has 2 rings (SSSR count). The smallest absolute Gasteiger partial charge is 0.243 e. The van der Waals surface area contributed by atoms with Crippen molar-refractivity contribution < 1.29 is 13.2 Å². The first kappa shape index (κ1) is 15.9. The minimum Gasteiger partial charge on any atom is -0.326 e. The molecule has 0 spiro atoms. The summed E-state index contributed by atoms with van der Waals surface area (Å²) in [6, 6.07) is 4.74. The third kappa shape index (κ3) is 3.42. The van der Waals surface area contributed by atoms with Gasteiger partial charge < -0.3 is 10.6 Å². The van der Waals surface area contributed by atoms with E-state index >= 15 is 0 Å². The minimum atomic E-state index is -3.54. The van der Waals surface area contributed by atoms with Gasteiger partial charge in [-0.3, -0.25) is 4.79 Å². The number of aryl methyl sites for hydroxylation is 1. The second-order valence-electron chi connectivity index (χ2n) is 5.33. The van der Waals surface area contributed by atoms with Crippen molar-refractivity contribution in [3.05, 3.63) is 23.8 Å². The van der Waals surface area contributed by atoms with Crippen molar-refractivity contribution in [3.8, 4) is 0 Å². The molecule has 1 unspecified atom stereocenters. The second-order valence-corrected chi connectivity index (χ2v) is 7.22. The first-order valence-corrected chi connectivity index (χ1v) is 8.37. The number of carbonyl (C=O) groups is 1. The van der Waals surface area contributed by atoms with E-state index in [-0.39, 0.29) is 16.8 Å². The highest BCUT2D eigenvalue weighted by Crippen LogP contribution is 2.24. The summed E-state index contributed by atoms with van der Waals surface area (Å²) < 4.78 is 27.0. The lowest BCUT2D eigenvalue weighted by atomic mass is 10.2. The molecule has 21 heavy (non-hydrogen) atoms. The number of amides is 1. The average Bonchev–Trinajstić information content (AvgIpc) is 2.41. The Labute approximate surface area is 125 Å². The maximum atomic E-state index is 12.7. The van der Waals surface area contributed by atoms with Crippen LogP contribution in [0.3, 0.4) is 0 Å². The number of sulfonamides is 1. The van der Waals surface area contributed by atoms with Crippen molar-refractivity contribution in [3.63, 3.8) is 0 Å². The third-order valence-corrected chi connectivity index (χ3v) is 5.58. The van der Waals surface area contributed by atoms with Crippen LogP contribution in [0.5, 0.6) is 0 Å². The fourth-order valence-corrected chi connectivity index (χ4v) is 4.06. The van der Waals surface area contributed by atoms with Gasteiger partial charge in [-0.25, -0.2) is 8.42 Å². The maximum absolute atomic E-state index is 12.7. The molecule has 1 saturated heterocycles. The summed E-state index contributed by atoms with van der Waals surface area (Å²) in [5.74, 6) is -0.219. The van der Waals surface area contributed by atoms with Gasteiger partial charge in [0, 0.05) is 38.3 Å². The Morgan fingerprint density at radius 2 is 2.14 bits per heavy atom. The molecule has 1 amide bonds. The minimum absolute atomic E-state index is 0.0886. The van der Waals surface area contributed by atoms with Crippen LogP contribution in [-0.4, -0.2) is 44.3 Å². The van der Waals surface area contributed by atoms with Crippen LogP contribution < -0.4 is 10.6 Å². The molecule has 2 N–H and O–H groups in total. The molecule has 0 aliphatic carbocycles. The van der Waals surface area contributed by atoms with Crippen LogP contribution in [0.4, 0.5) is 5.69 Å². The van der Waals surface area contributed by atoms with E-state index in [2.05, 4.69) is 10.6 Å². The molecule has 1 atom stereocenters. The number of benzene rings is 1. The van der Waals surface area contributed by atoms with Gasteiger partial charge >= 0.3 is 0 Å². The van der Waals surface area contributed by atoms with Gasteiger partial charge in [-0.1, -0.05) is 6.07 Å². The third-order valence-electron chi connectivity index (χ3n) is 3.57. The molecule has 1 aliphatic heterocycles. The van der Waals surface area contributed by atoms with Crippen LogP contribution in [0.15, 0.2) is 23.1 Å². The van der Waals surface area contributed by atoms with E-state index in [0.717, 1.165) is 5.56 Å². The summed E-state index contributed by atoms with van der Waals surface area (Å²) in [5, 5.41) is 5.84. The zero-order valence-corrected chi connectivity index (χ0v) is 13.3. The zero-order chi connectivity index (χ0) is 15.6. The normalized spacial score (nSPS) is 20.2. The standard InChI is InChI=1S/C14H21N3O3S/c1-10-4-5-13(8-14(10)16-12(3)18)21(19,20)17-7-6-15-9-11(17)2/h4-5,8,11,15H,6-7,9H2,1-3H3,(H,16,18). The van der Waals surface area contributed by atoms with Crippen LogP contribution in [0, 0.1) is 6.92 Å². The Bertz CT molecular complexity index is 643. The van der Waals surface area contributed by atoms with Gasteiger partial charge in [-0.2, -0.15) is 4.31 Å². The molecule has 6 nitrogen and oxygen atoms in total. The lowest BCUT2D eigenvalue weighted by molar-refractivity contribution is -0.114. The summed E-state index contributed by atoms with van der Waals surface area (Å²) >= 11 is 0. The molecule has 0 bridgehead atoms. The van der Waals surface area contributed by atoms with Crippen LogP contribution in [0.2, 0.25) is 0 Å². The highest BCUT2D eigenvalue weighted by molar-refractivity contribution is 7.89. The van der Waals surface area contributed by atoms with Gasteiger partial charge in [0.05, 0.1) is 4.90 Å². The number of anilines is 1. The van der Waals surface area contributed by atoms with E-state index in [9.17, 15) is 13.2 Å². The Morgan fingerprint density at radius 1 is 1.43 bits per heavy atom. The van der Waals surface area contributed by atoms with Crippen molar-refractivity contribution in [1.82, 2.24) is 9.62 Å². The summed E-state index contributed by atoms with van der Waals surface area (Å²) in [4.78, 5) is 11.4. The molecule has 1 aliphatic rings. The van der Waals surface area contributed by atoms with Crippen LogP contribution >= 0.6 is 0 Å². The predicted molar refractivity (Wildman–Crippen MR) is 81.7 cm³/mol. The SMILES string of the molecule is CC(=O)Nc1cc(S(=O)(=O)N2CCNCC2C)ccc1C. The second kappa shape index (κ2) is 6.13. The Morgan fingerprint density at radius 3 is 2.76 bits per heavy atom. The first-order valence-electron chi connectivity index (χ1n) is 6.93. The molecule has 1 aromatic rings. The van der Waals surface area contributed by atoms with Gasteiger partial charge in [-0.05, 0) is 31.5 Å². The monoisotopic (exact) mass is 311 g/mol. The fraction of sp³-hybridized carbons (Fsp3) is 0.500. The lowest BCUT2D eigenvalue weighted by Crippen LogP contribution is -2.52. The molecule has 0 saturated carbocycles. The number of hydrogen-bond acceptors (Lipinski definition) is 4. The van der Waals surface area contributed by atoms with E-state index < -0.39 is 10.0 Å². The quantitative estimate of drug-likeness (QED) is 0.870. The molecular formula is C14H21N3O3S. The lowest BCUT2D eigenvalue weighted by Gasteiger charge is -2.33. The number of rotatable bonds is 3. The first-order chi connectivity index (χ1) is 9.82. The maximum Gasteiger partial charge on any atom is 0.243 e. The van der Waals surface area contributed by atoms with Crippen LogP contribution in [-0.2, 0) is 14.8 Å². The van der Waals surface area contributed by atoms with Gasteiger partial charge in [-0.15, -0.1) is 0 Å². The Kier molecular flexibility index (Phi) is 4.65. The average molecular weight is 311 g/mol. The Balaban J connectivity index is 2.38. The van der Waals surface area contributed by atoms with Gasteiger partial charge in [0.15, 0.2) is 0 Å². The van der Waals surface area contributed by atoms with E-state index in [1.54, 1.807) is 12.1 Å². The molecule has 1 aromatic carbocycles. The number of nitrogens with zero attached hydrogens (tertiary/aromatic N) is 1.